The maximum atomic E-state index is 12.2. The van der Waals surface area contributed by atoms with E-state index >= 15 is 0 Å². The molecule has 8 nitrogen and oxygen atoms in total. The minimum atomic E-state index is -3.47. The first-order valence-corrected chi connectivity index (χ1v) is 9.92. The average molecular weight is 372 g/mol. The topological polar surface area (TPSA) is 141 Å². The molecule has 0 radical (unpaired) electrons. The summed E-state index contributed by atoms with van der Waals surface area (Å²) in [5, 5.41) is 13.7. The summed E-state index contributed by atoms with van der Waals surface area (Å²) in [6, 6.07) is 12.8. The van der Waals surface area contributed by atoms with Crippen LogP contribution in [0.25, 0.3) is 22.5 Å². The average Bonchev–Trinajstić information content (AvgIpc) is 3.16. The fourth-order valence-corrected chi connectivity index (χ4v) is 3.80. The van der Waals surface area contributed by atoms with Crippen molar-refractivity contribution in [2.75, 3.05) is 19.3 Å². The van der Waals surface area contributed by atoms with Crippen molar-refractivity contribution in [1.82, 2.24) is 20.6 Å². The molecule has 3 aromatic rings. The van der Waals surface area contributed by atoms with E-state index in [4.69, 9.17) is 11.5 Å². The molecule has 0 aliphatic heterocycles. The zero-order valence-electron chi connectivity index (χ0n) is 14.3. The lowest BCUT2D eigenvalue weighted by Gasteiger charge is -2.15. The van der Waals surface area contributed by atoms with Gasteiger partial charge in [0.15, 0.2) is 15.7 Å². The Hall–Kier alpha value is -2.62. The first-order chi connectivity index (χ1) is 12.5. The Balaban J connectivity index is 2.17. The number of rotatable bonds is 6. The summed E-state index contributed by atoms with van der Waals surface area (Å²) in [7, 11) is -3.47. The highest BCUT2D eigenvalue weighted by Crippen LogP contribution is 2.35. The molecule has 0 aliphatic carbocycles. The van der Waals surface area contributed by atoms with Crippen molar-refractivity contribution < 1.29 is 8.42 Å². The molecule has 9 heteroatoms. The third-order valence-corrected chi connectivity index (χ3v) is 5.41. The quantitative estimate of drug-likeness (QED) is 0.584. The van der Waals surface area contributed by atoms with Crippen LogP contribution < -0.4 is 11.5 Å². The fourth-order valence-electron chi connectivity index (χ4n) is 2.89. The summed E-state index contributed by atoms with van der Waals surface area (Å²) >= 11 is 0. The van der Waals surface area contributed by atoms with Gasteiger partial charge in [0.2, 0.25) is 0 Å². The molecule has 3 rings (SSSR count). The van der Waals surface area contributed by atoms with Crippen LogP contribution in [0.1, 0.15) is 11.5 Å². The highest BCUT2D eigenvalue weighted by Gasteiger charge is 2.21. The lowest BCUT2D eigenvalue weighted by atomic mass is 9.94. The Morgan fingerprint density at radius 1 is 1.08 bits per heavy atom. The van der Waals surface area contributed by atoms with Gasteiger partial charge in [-0.1, -0.05) is 36.4 Å². The summed E-state index contributed by atoms with van der Waals surface area (Å²) in [6.07, 6.45) is 1.16. The van der Waals surface area contributed by atoms with E-state index in [1.54, 1.807) is 12.1 Å². The third-order valence-electron chi connectivity index (χ3n) is 4.27. The van der Waals surface area contributed by atoms with Crippen LogP contribution in [-0.4, -0.2) is 48.4 Å². The minimum Gasteiger partial charge on any atom is -0.330 e. The van der Waals surface area contributed by atoms with Gasteiger partial charge in [-0.3, -0.25) is 0 Å². The Labute approximate surface area is 151 Å². The normalized spacial score (nSPS) is 11.8. The summed E-state index contributed by atoms with van der Waals surface area (Å²) in [6.45, 7) is 0.933. The second-order valence-corrected chi connectivity index (χ2v) is 7.98. The molecule has 0 saturated carbocycles. The number of tetrazole rings is 1. The van der Waals surface area contributed by atoms with Crippen LogP contribution in [0.5, 0.6) is 0 Å². The Morgan fingerprint density at radius 3 is 2.31 bits per heavy atom. The molecule has 0 saturated heterocycles. The Kier molecular flexibility index (Phi) is 5.12. The van der Waals surface area contributed by atoms with E-state index in [1.807, 2.05) is 30.3 Å². The van der Waals surface area contributed by atoms with Gasteiger partial charge in [0, 0.05) is 30.8 Å². The van der Waals surface area contributed by atoms with Crippen LogP contribution in [0.2, 0.25) is 0 Å². The van der Waals surface area contributed by atoms with Gasteiger partial charge in [-0.2, -0.15) is 0 Å². The number of aromatic nitrogens is 4. The van der Waals surface area contributed by atoms with E-state index in [9.17, 15) is 8.42 Å². The van der Waals surface area contributed by atoms with Gasteiger partial charge < -0.3 is 11.5 Å². The predicted molar refractivity (Wildman–Crippen MR) is 99.0 cm³/mol. The van der Waals surface area contributed by atoms with Crippen molar-refractivity contribution in [3.63, 3.8) is 0 Å². The molecule has 136 valence electrons. The molecule has 0 amide bonds. The van der Waals surface area contributed by atoms with E-state index in [1.165, 1.54) is 0 Å². The van der Waals surface area contributed by atoms with Crippen molar-refractivity contribution >= 4 is 9.84 Å². The summed E-state index contributed by atoms with van der Waals surface area (Å²) in [4.78, 5) is 0.166. The number of H-pyrrole nitrogens is 1. The monoisotopic (exact) mass is 372 g/mol. The predicted octanol–water partition coefficient (Wildman–Crippen LogP) is 0.938. The zero-order valence-corrected chi connectivity index (χ0v) is 15.1. The van der Waals surface area contributed by atoms with Gasteiger partial charge >= 0.3 is 0 Å². The SMILES string of the molecule is CS(=O)(=O)c1cccc(-c2ccc(C(CN)CN)cc2)c1-c1nnn[nH]1. The number of hydrogen-bond acceptors (Lipinski definition) is 7. The van der Waals surface area contributed by atoms with Crippen LogP contribution in [0, 0.1) is 0 Å². The van der Waals surface area contributed by atoms with Crippen LogP contribution in [0.15, 0.2) is 47.4 Å². The van der Waals surface area contributed by atoms with E-state index in [2.05, 4.69) is 20.6 Å². The van der Waals surface area contributed by atoms with Crippen molar-refractivity contribution in [2.45, 2.75) is 10.8 Å². The van der Waals surface area contributed by atoms with Crippen LogP contribution >= 0.6 is 0 Å². The molecule has 0 bridgehead atoms. The number of nitrogens with two attached hydrogens (primary N) is 2. The lowest BCUT2D eigenvalue weighted by molar-refractivity contribution is 0.602. The van der Waals surface area contributed by atoms with Gasteiger partial charge in [0.1, 0.15) is 0 Å². The molecular formula is C17H20N6O2S. The molecular weight excluding hydrogens is 352 g/mol. The third kappa shape index (κ3) is 3.50. The van der Waals surface area contributed by atoms with Crippen LogP contribution in [-0.2, 0) is 9.84 Å². The van der Waals surface area contributed by atoms with Crippen molar-refractivity contribution in [1.29, 1.82) is 0 Å². The Bertz CT molecular complexity index is 981. The number of sulfone groups is 1. The summed E-state index contributed by atoms with van der Waals surface area (Å²) < 4.78 is 24.5. The standard InChI is InChI=1S/C17H20N6O2S/c1-26(24,25)15-4-2-3-14(16(15)17-20-22-23-21-17)12-7-5-11(6-8-12)13(9-18)10-19/h2-8,13H,9-10,18-19H2,1H3,(H,20,21,22,23). The van der Waals surface area contributed by atoms with Gasteiger partial charge in [-0.15, -0.1) is 5.10 Å². The van der Waals surface area contributed by atoms with Crippen molar-refractivity contribution in [2.24, 2.45) is 11.5 Å². The van der Waals surface area contributed by atoms with Crippen LogP contribution in [0.4, 0.5) is 0 Å². The maximum absolute atomic E-state index is 12.2. The number of aromatic amines is 1. The van der Waals surface area contributed by atoms with Crippen molar-refractivity contribution in [3.05, 3.63) is 48.0 Å². The summed E-state index contributed by atoms with van der Waals surface area (Å²) in [5.74, 6) is 0.385. The maximum Gasteiger partial charge on any atom is 0.181 e. The van der Waals surface area contributed by atoms with E-state index in [-0.39, 0.29) is 10.8 Å². The van der Waals surface area contributed by atoms with E-state index < -0.39 is 9.84 Å². The minimum absolute atomic E-state index is 0.0874. The molecule has 0 unspecified atom stereocenters. The Morgan fingerprint density at radius 2 is 1.77 bits per heavy atom. The van der Waals surface area contributed by atoms with Crippen LogP contribution in [0.3, 0.4) is 0 Å². The molecule has 1 heterocycles. The lowest BCUT2D eigenvalue weighted by Crippen LogP contribution is -2.21. The highest BCUT2D eigenvalue weighted by atomic mass is 32.2. The van der Waals surface area contributed by atoms with Crippen molar-refractivity contribution in [3.8, 4) is 22.5 Å². The first kappa shape index (κ1) is 18.2. The molecule has 5 N–H and O–H groups in total. The second kappa shape index (κ2) is 7.32. The van der Waals surface area contributed by atoms with Gasteiger partial charge in [-0.25, -0.2) is 13.5 Å². The van der Waals surface area contributed by atoms with Gasteiger partial charge in [0.25, 0.3) is 0 Å². The first-order valence-electron chi connectivity index (χ1n) is 8.03. The van der Waals surface area contributed by atoms with Gasteiger partial charge in [-0.05, 0) is 33.2 Å². The molecule has 0 spiro atoms. The van der Waals surface area contributed by atoms with E-state index in [0.717, 1.165) is 22.9 Å². The molecule has 26 heavy (non-hydrogen) atoms. The molecule has 0 aliphatic rings. The van der Waals surface area contributed by atoms with E-state index in [0.29, 0.717) is 24.5 Å². The number of nitrogens with one attached hydrogen (secondary N) is 1. The fraction of sp³-hybridized carbons (Fsp3) is 0.235. The molecule has 2 aromatic carbocycles. The highest BCUT2D eigenvalue weighted by molar-refractivity contribution is 7.90. The number of nitrogens with zero attached hydrogens (tertiary/aromatic N) is 3. The number of benzene rings is 2. The largest absolute Gasteiger partial charge is 0.330 e. The second-order valence-electron chi connectivity index (χ2n) is 5.99. The molecule has 0 atom stereocenters. The number of hydrogen-bond donors (Lipinski definition) is 3. The molecule has 1 aromatic heterocycles. The van der Waals surface area contributed by atoms with Gasteiger partial charge in [0.05, 0.1) is 4.90 Å². The summed E-state index contributed by atoms with van der Waals surface area (Å²) in [5.41, 5.74) is 14.5. The molecule has 0 fully saturated rings. The smallest absolute Gasteiger partial charge is 0.181 e. The zero-order chi connectivity index (χ0) is 18.7.